The van der Waals surface area contributed by atoms with Gasteiger partial charge in [0.25, 0.3) is 0 Å². The van der Waals surface area contributed by atoms with Crippen LogP contribution in [0.15, 0.2) is 21.1 Å². The summed E-state index contributed by atoms with van der Waals surface area (Å²) in [6.07, 6.45) is 2.01. The van der Waals surface area contributed by atoms with Crippen molar-refractivity contribution in [2.45, 2.75) is 39.3 Å². The molecule has 1 aromatic carbocycles. The van der Waals surface area contributed by atoms with Crippen molar-refractivity contribution in [3.63, 3.8) is 0 Å². The number of hydrogen-bond acceptors (Lipinski definition) is 3. The van der Waals surface area contributed by atoms with Crippen LogP contribution in [0.5, 0.6) is 5.75 Å². The van der Waals surface area contributed by atoms with E-state index in [1.165, 1.54) is 5.56 Å². The van der Waals surface area contributed by atoms with Gasteiger partial charge in [-0.05, 0) is 62.4 Å². The molecule has 0 bridgehead atoms. The van der Waals surface area contributed by atoms with Crippen LogP contribution in [0.4, 0.5) is 0 Å². The quantitative estimate of drug-likeness (QED) is 0.609. The van der Waals surface area contributed by atoms with Crippen LogP contribution in [0.1, 0.15) is 32.3 Å². The largest absolute Gasteiger partial charge is 0.491 e. The number of hydrogen-bond donors (Lipinski definition) is 1. The molecule has 0 amide bonds. The third-order valence-corrected chi connectivity index (χ3v) is 3.94. The molecule has 20 heavy (non-hydrogen) atoms. The Morgan fingerprint density at radius 2 is 1.70 bits per heavy atom. The van der Waals surface area contributed by atoms with Gasteiger partial charge in [-0.2, -0.15) is 0 Å². The average Bonchev–Trinajstić information content (AvgIpc) is 2.38. The summed E-state index contributed by atoms with van der Waals surface area (Å²) in [5.41, 5.74) is 1.23. The minimum atomic E-state index is 0.476. The Morgan fingerprint density at radius 1 is 1.10 bits per heavy atom. The average molecular weight is 409 g/mol. The molecule has 1 N–H and O–H groups in total. The Morgan fingerprint density at radius 3 is 2.25 bits per heavy atom. The zero-order valence-electron chi connectivity index (χ0n) is 12.3. The summed E-state index contributed by atoms with van der Waals surface area (Å²) in [6, 6.07) is 4.68. The molecular formula is C15H23Br2NO2. The lowest BCUT2D eigenvalue weighted by molar-refractivity contribution is 0.184. The van der Waals surface area contributed by atoms with Crippen molar-refractivity contribution in [1.82, 2.24) is 5.32 Å². The van der Waals surface area contributed by atoms with E-state index >= 15 is 0 Å². The number of ether oxygens (including phenoxy) is 2. The van der Waals surface area contributed by atoms with Gasteiger partial charge in [0.15, 0.2) is 0 Å². The first-order valence-corrected chi connectivity index (χ1v) is 8.46. The van der Waals surface area contributed by atoms with Gasteiger partial charge in [-0.3, -0.25) is 0 Å². The fraction of sp³-hybridized carbons (Fsp3) is 0.600. The molecule has 0 saturated heterocycles. The molecule has 0 aromatic heterocycles. The molecule has 0 saturated carbocycles. The number of nitrogens with one attached hydrogen (secondary N) is 1. The predicted molar refractivity (Wildman–Crippen MR) is 90.4 cm³/mol. The highest BCUT2D eigenvalue weighted by molar-refractivity contribution is 9.11. The molecule has 0 aliphatic rings. The molecule has 0 atom stereocenters. The second kappa shape index (κ2) is 9.77. The van der Waals surface area contributed by atoms with Crippen LogP contribution in [0, 0.1) is 0 Å². The first kappa shape index (κ1) is 18.0. The molecule has 0 spiro atoms. The molecule has 0 aliphatic heterocycles. The summed E-state index contributed by atoms with van der Waals surface area (Å²) in [4.78, 5) is 0. The predicted octanol–water partition coefficient (Wildman–Crippen LogP) is 4.52. The maximum atomic E-state index is 5.83. The zero-order valence-corrected chi connectivity index (χ0v) is 15.5. The van der Waals surface area contributed by atoms with E-state index in [1.807, 2.05) is 0 Å². The van der Waals surface area contributed by atoms with Crippen molar-refractivity contribution in [1.29, 1.82) is 0 Å². The monoisotopic (exact) mass is 407 g/mol. The maximum Gasteiger partial charge on any atom is 0.147 e. The lowest BCUT2D eigenvalue weighted by Crippen LogP contribution is -2.21. The molecule has 0 fully saturated rings. The van der Waals surface area contributed by atoms with Gasteiger partial charge in [-0.15, -0.1) is 0 Å². The molecular weight excluding hydrogens is 386 g/mol. The third kappa shape index (κ3) is 6.57. The highest BCUT2D eigenvalue weighted by Gasteiger charge is 2.09. The number of unbranched alkanes of at least 4 members (excludes halogenated alkanes) is 1. The number of methoxy groups -OCH3 is 1. The van der Waals surface area contributed by atoms with Gasteiger partial charge in [0.05, 0.1) is 15.6 Å². The molecule has 1 aromatic rings. The van der Waals surface area contributed by atoms with Crippen LogP contribution in [0.25, 0.3) is 0 Å². The van der Waals surface area contributed by atoms with Gasteiger partial charge in [0, 0.05) is 26.3 Å². The highest BCUT2D eigenvalue weighted by atomic mass is 79.9. The van der Waals surface area contributed by atoms with Crippen LogP contribution < -0.4 is 10.1 Å². The van der Waals surface area contributed by atoms with E-state index in [0.29, 0.717) is 12.6 Å². The molecule has 5 heteroatoms. The van der Waals surface area contributed by atoms with Crippen molar-refractivity contribution < 1.29 is 9.47 Å². The minimum absolute atomic E-state index is 0.476. The Labute approximate surface area is 138 Å². The van der Waals surface area contributed by atoms with Gasteiger partial charge in [-0.25, -0.2) is 0 Å². The number of rotatable bonds is 9. The summed E-state index contributed by atoms with van der Waals surface area (Å²) in [5, 5.41) is 3.41. The van der Waals surface area contributed by atoms with Crippen molar-refractivity contribution >= 4 is 31.9 Å². The summed E-state index contributed by atoms with van der Waals surface area (Å²) in [6.45, 7) is 6.61. The lowest BCUT2D eigenvalue weighted by Gasteiger charge is -2.13. The first-order valence-electron chi connectivity index (χ1n) is 6.87. The van der Waals surface area contributed by atoms with Crippen molar-refractivity contribution in [3.8, 4) is 5.75 Å². The standard InChI is InChI=1S/C15H23Br2NO2/c1-11(2)18-10-12-8-13(16)15(14(17)9-12)20-7-5-4-6-19-3/h8-9,11,18H,4-7,10H2,1-3H3. The van der Waals surface area contributed by atoms with Gasteiger partial charge >= 0.3 is 0 Å². The highest BCUT2D eigenvalue weighted by Crippen LogP contribution is 2.35. The molecule has 0 radical (unpaired) electrons. The van der Waals surface area contributed by atoms with Crippen molar-refractivity contribution in [2.75, 3.05) is 20.3 Å². The maximum absolute atomic E-state index is 5.83. The molecule has 0 heterocycles. The van der Waals surface area contributed by atoms with E-state index in [-0.39, 0.29) is 0 Å². The van der Waals surface area contributed by atoms with Crippen molar-refractivity contribution in [2.24, 2.45) is 0 Å². The van der Waals surface area contributed by atoms with E-state index in [4.69, 9.17) is 9.47 Å². The SMILES string of the molecule is COCCCCOc1c(Br)cc(CNC(C)C)cc1Br. The van der Waals surface area contributed by atoms with E-state index in [2.05, 4.69) is 63.2 Å². The van der Waals surface area contributed by atoms with Crippen LogP contribution in [0.3, 0.4) is 0 Å². The molecule has 0 unspecified atom stereocenters. The van der Waals surface area contributed by atoms with Gasteiger partial charge in [-0.1, -0.05) is 13.8 Å². The van der Waals surface area contributed by atoms with Crippen molar-refractivity contribution in [3.05, 3.63) is 26.6 Å². The lowest BCUT2D eigenvalue weighted by atomic mass is 10.2. The van der Waals surface area contributed by atoms with E-state index in [0.717, 1.165) is 40.7 Å². The summed E-state index contributed by atoms with van der Waals surface area (Å²) < 4.78 is 12.8. The Kier molecular flexibility index (Phi) is 8.77. The van der Waals surface area contributed by atoms with Gasteiger partial charge in [0.2, 0.25) is 0 Å². The molecule has 3 nitrogen and oxygen atoms in total. The minimum Gasteiger partial charge on any atom is -0.491 e. The van der Waals surface area contributed by atoms with Crippen LogP contribution in [-0.2, 0) is 11.3 Å². The fourth-order valence-corrected chi connectivity index (χ4v) is 3.21. The Balaban J connectivity index is 2.55. The zero-order chi connectivity index (χ0) is 15.0. The topological polar surface area (TPSA) is 30.5 Å². The summed E-state index contributed by atoms with van der Waals surface area (Å²) in [7, 11) is 1.72. The second-order valence-electron chi connectivity index (χ2n) is 4.97. The molecule has 0 aliphatic carbocycles. The van der Waals surface area contributed by atoms with E-state index < -0.39 is 0 Å². The molecule has 1 rings (SSSR count). The fourth-order valence-electron chi connectivity index (χ4n) is 1.70. The summed E-state index contributed by atoms with van der Waals surface area (Å²) in [5.74, 6) is 0.871. The second-order valence-corrected chi connectivity index (χ2v) is 6.68. The van der Waals surface area contributed by atoms with Gasteiger partial charge in [0.1, 0.15) is 5.75 Å². The Hall–Kier alpha value is -0.100. The number of benzene rings is 1. The summed E-state index contributed by atoms with van der Waals surface area (Å²) >= 11 is 7.16. The van der Waals surface area contributed by atoms with Gasteiger partial charge < -0.3 is 14.8 Å². The molecule has 114 valence electrons. The Bertz CT molecular complexity index is 388. The first-order chi connectivity index (χ1) is 9.54. The number of halogens is 2. The smallest absolute Gasteiger partial charge is 0.147 e. The third-order valence-electron chi connectivity index (χ3n) is 2.76. The normalized spacial score (nSPS) is 11.1. The van der Waals surface area contributed by atoms with Crippen LogP contribution in [-0.4, -0.2) is 26.4 Å². The van der Waals surface area contributed by atoms with E-state index in [9.17, 15) is 0 Å². The van der Waals surface area contributed by atoms with Crippen LogP contribution in [0.2, 0.25) is 0 Å². The van der Waals surface area contributed by atoms with Crippen LogP contribution >= 0.6 is 31.9 Å². The van der Waals surface area contributed by atoms with E-state index in [1.54, 1.807) is 7.11 Å².